The molecule has 2 aromatic heterocycles. The number of ether oxygens (including phenoxy) is 1. The molecule has 0 radical (unpaired) electrons. The van der Waals surface area contributed by atoms with Crippen molar-refractivity contribution in [3.8, 4) is 0 Å². The van der Waals surface area contributed by atoms with Gasteiger partial charge in [0.05, 0.1) is 26.7 Å². The van der Waals surface area contributed by atoms with Gasteiger partial charge in [-0.1, -0.05) is 42.5 Å². The van der Waals surface area contributed by atoms with Gasteiger partial charge in [0.25, 0.3) is 16.9 Å². The molecular formula is C30H26N4O8S. The van der Waals surface area contributed by atoms with E-state index in [9.17, 15) is 29.3 Å². The maximum atomic E-state index is 13.8. The first-order valence-corrected chi connectivity index (χ1v) is 14.2. The predicted molar refractivity (Wildman–Crippen MR) is 155 cm³/mol. The Kier molecular flexibility index (Phi) is 9.01. The fraction of sp³-hybridized carbons (Fsp3) is 0.233. The molecule has 2 aromatic carbocycles. The largest absolute Gasteiger partial charge is 0.461 e. The van der Waals surface area contributed by atoms with Crippen LogP contribution in [0.3, 0.4) is 0 Å². The fourth-order valence-electron chi connectivity index (χ4n) is 4.88. The number of rotatable bonds is 13. The molecule has 0 spiro atoms. The Morgan fingerprint density at radius 2 is 1.72 bits per heavy atom. The quantitative estimate of drug-likeness (QED) is 0.101. The number of hydrogen-bond donors (Lipinski definition) is 1. The number of aromatic nitrogens is 1. The van der Waals surface area contributed by atoms with Gasteiger partial charge < -0.3 is 14.9 Å². The lowest BCUT2D eigenvalue weighted by atomic mass is 9.87. The summed E-state index contributed by atoms with van der Waals surface area (Å²) in [6, 6.07) is 18.9. The molecule has 0 saturated carbocycles. The zero-order chi connectivity index (χ0) is 30.3. The zero-order valence-electron chi connectivity index (χ0n) is 22.7. The topological polar surface area (TPSA) is 158 Å². The van der Waals surface area contributed by atoms with E-state index in [0.29, 0.717) is 5.00 Å². The Labute approximate surface area is 249 Å². The van der Waals surface area contributed by atoms with Crippen molar-refractivity contribution in [2.45, 2.75) is 19.4 Å². The van der Waals surface area contributed by atoms with Gasteiger partial charge in [-0.25, -0.2) is 0 Å². The molecule has 1 unspecified atom stereocenters. The first kappa shape index (κ1) is 29.3. The highest BCUT2D eigenvalue weighted by atomic mass is 32.1. The van der Waals surface area contributed by atoms with Crippen LogP contribution in [0.1, 0.15) is 39.1 Å². The summed E-state index contributed by atoms with van der Waals surface area (Å²) in [6.45, 7) is -0.887. The molecule has 3 heterocycles. The summed E-state index contributed by atoms with van der Waals surface area (Å²) in [6.07, 6.45) is 3.05. The number of hydrogen-bond acceptors (Lipinski definition) is 10. The van der Waals surface area contributed by atoms with E-state index in [4.69, 9.17) is 4.74 Å². The number of nitrogens with zero attached hydrogens (tertiary/aromatic N) is 3. The fourth-order valence-corrected chi connectivity index (χ4v) is 5.81. The number of imide groups is 1. The molecule has 5 rings (SSSR count). The first-order valence-electron chi connectivity index (χ1n) is 13.4. The zero-order valence-corrected chi connectivity index (χ0v) is 23.5. The van der Waals surface area contributed by atoms with Gasteiger partial charge in [0.1, 0.15) is 13.2 Å². The number of nitrogens with one attached hydrogen (secondary N) is 1. The molecule has 220 valence electrons. The lowest BCUT2D eigenvalue weighted by Crippen LogP contribution is -2.43. The van der Waals surface area contributed by atoms with Crippen molar-refractivity contribution < 1.29 is 33.8 Å². The summed E-state index contributed by atoms with van der Waals surface area (Å²) in [7, 11) is 0. The Morgan fingerprint density at radius 1 is 1.02 bits per heavy atom. The number of amides is 3. The van der Waals surface area contributed by atoms with E-state index in [0.717, 1.165) is 20.5 Å². The number of anilines is 1. The van der Waals surface area contributed by atoms with Crippen molar-refractivity contribution in [3.05, 3.63) is 106 Å². The molecule has 0 aliphatic carbocycles. The van der Waals surface area contributed by atoms with E-state index in [1.54, 1.807) is 48.8 Å². The van der Waals surface area contributed by atoms with Crippen molar-refractivity contribution in [2.24, 2.45) is 11.8 Å². The van der Waals surface area contributed by atoms with Gasteiger partial charge in [0.2, 0.25) is 5.91 Å². The van der Waals surface area contributed by atoms with Crippen LogP contribution in [0.4, 0.5) is 5.00 Å². The van der Waals surface area contributed by atoms with E-state index < -0.39 is 47.2 Å². The molecule has 12 nitrogen and oxygen atoms in total. The molecule has 4 aromatic rings. The summed E-state index contributed by atoms with van der Waals surface area (Å²) in [5, 5.41) is 14.3. The maximum absolute atomic E-state index is 13.8. The van der Waals surface area contributed by atoms with Crippen molar-refractivity contribution in [1.29, 1.82) is 0 Å². The van der Waals surface area contributed by atoms with Gasteiger partial charge in [-0.3, -0.25) is 29.1 Å². The average Bonchev–Trinajstić information content (AvgIpc) is 3.53. The molecule has 13 heteroatoms. The minimum atomic E-state index is -1.16. The molecule has 0 bridgehead atoms. The van der Waals surface area contributed by atoms with Crippen molar-refractivity contribution in [2.75, 3.05) is 18.5 Å². The molecule has 0 fully saturated rings. The molecule has 1 N–H and O–H groups in total. The van der Waals surface area contributed by atoms with Crippen LogP contribution in [0.25, 0.3) is 10.1 Å². The second kappa shape index (κ2) is 13.2. The van der Waals surface area contributed by atoms with Crippen LogP contribution in [-0.4, -0.2) is 51.8 Å². The monoisotopic (exact) mass is 602 g/mol. The second-order valence-corrected chi connectivity index (χ2v) is 10.9. The normalized spacial score (nSPS) is 13.8. The van der Waals surface area contributed by atoms with Crippen molar-refractivity contribution in [3.63, 3.8) is 0 Å². The smallest absolute Gasteiger partial charge is 0.306 e. The number of esters is 1. The molecule has 1 aliphatic rings. The maximum Gasteiger partial charge on any atom is 0.306 e. The standard InChI is InChI=1S/C30H26N4O8S/c35-27(41-17-19-6-2-1-3-7-19)11-10-21(18-42-34(39)40)24(16-33-29(37)22-8-4-5-9-23(22)30(33)38)28(36)32-26-14-20-12-13-31-15-25(20)43-26/h1-9,12-15,21,24H,10-11,16-18H2,(H,32,36)/t21-,24?/m1/s1. The molecule has 2 atom stereocenters. The summed E-state index contributed by atoms with van der Waals surface area (Å²) in [4.78, 5) is 73.6. The van der Waals surface area contributed by atoms with Gasteiger partial charge in [-0.05, 0) is 47.6 Å². The minimum Gasteiger partial charge on any atom is -0.461 e. The number of pyridine rings is 1. The molecule has 43 heavy (non-hydrogen) atoms. The number of thiophene rings is 1. The van der Waals surface area contributed by atoms with Crippen molar-refractivity contribution in [1.82, 2.24) is 9.88 Å². The van der Waals surface area contributed by atoms with Gasteiger partial charge in [0.15, 0.2) is 0 Å². The van der Waals surface area contributed by atoms with Crippen LogP contribution in [-0.2, 0) is 25.8 Å². The molecular weight excluding hydrogens is 576 g/mol. The average molecular weight is 603 g/mol. The minimum absolute atomic E-state index is 0.0372. The highest BCUT2D eigenvalue weighted by molar-refractivity contribution is 7.22. The van der Waals surface area contributed by atoms with Gasteiger partial charge in [-0.15, -0.1) is 21.5 Å². The Bertz CT molecular complexity index is 1610. The van der Waals surface area contributed by atoms with E-state index in [1.165, 1.54) is 23.5 Å². The predicted octanol–water partition coefficient (Wildman–Crippen LogP) is 4.50. The molecule has 3 amide bonds. The Balaban J connectivity index is 1.38. The van der Waals surface area contributed by atoms with Crippen LogP contribution < -0.4 is 5.32 Å². The van der Waals surface area contributed by atoms with Crippen LogP contribution in [0, 0.1) is 22.0 Å². The van der Waals surface area contributed by atoms with Crippen LogP contribution in [0.15, 0.2) is 79.1 Å². The van der Waals surface area contributed by atoms with E-state index in [1.807, 2.05) is 18.2 Å². The number of carbonyl (C=O) groups is 4. The van der Waals surface area contributed by atoms with E-state index in [-0.39, 0.29) is 37.1 Å². The third-order valence-corrected chi connectivity index (χ3v) is 8.09. The highest BCUT2D eigenvalue weighted by Gasteiger charge is 2.40. The van der Waals surface area contributed by atoms with E-state index >= 15 is 0 Å². The van der Waals surface area contributed by atoms with E-state index in [2.05, 4.69) is 15.1 Å². The summed E-state index contributed by atoms with van der Waals surface area (Å²) >= 11 is 1.27. The summed E-state index contributed by atoms with van der Waals surface area (Å²) in [5.74, 6) is -4.43. The Hall–Kier alpha value is -5.17. The molecule has 0 saturated heterocycles. The third kappa shape index (κ3) is 7.01. The van der Waals surface area contributed by atoms with Gasteiger partial charge in [0, 0.05) is 25.4 Å². The van der Waals surface area contributed by atoms with Crippen LogP contribution in [0.2, 0.25) is 0 Å². The SMILES string of the molecule is O=C(CC[C@H](CO[N+](=O)[O-])C(CN1C(=O)c2ccccc2C1=O)C(=O)Nc1cc2ccncc2s1)OCc1ccccc1. The Morgan fingerprint density at radius 3 is 2.40 bits per heavy atom. The number of fused-ring (bicyclic) bond motifs is 2. The van der Waals surface area contributed by atoms with Crippen LogP contribution >= 0.6 is 11.3 Å². The van der Waals surface area contributed by atoms with Gasteiger partial charge >= 0.3 is 5.97 Å². The summed E-state index contributed by atoms with van der Waals surface area (Å²) < 4.78 is 6.17. The molecule has 1 aliphatic heterocycles. The van der Waals surface area contributed by atoms with Crippen LogP contribution in [0.5, 0.6) is 0 Å². The number of benzene rings is 2. The third-order valence-electron chi connectivity index (χ3n) is 7.09. The van der Waals surface area contributed by atoms with Gasteiger partial charge in [-0.2, -0.15) is 0 Å². The second-order valence-electron chi connectivity index (χ2n) is 9.85. The first-order chi connectivity index (χ1) is 20.8. The van der Waals surface area contributed by atoms with Crippen molar-refractivity contribution >= 4 is 50.1 Å². The lowest BCUT2D eigenvalue weighted by molar-refractivity contribution is -0.759. The lowest BCUT2D eigenvalue weighted by Gasteiger charge is -2.28. The highest BCUT2D eigenvalue weighted by Crippen LogP contribution is 2.32. The summed E-state index contributed by atoms with van der Waals surface area (Å²) in [5.41, 5.74) is 1.18. The number of carbonyl (C=O) groups excluding carboxylic acids is 4.